The van der Waals surface area contributed by atoms with Crippen molar-refractivity contribution in [3.05, 3.63) is 164 Å². The molecule has 1 aromatic heterocycles. The maximum atomic E-state index is 4.31. The molecule has 1 atom stereocenters. The van der Waals surface area contributed by atoms with Gasteiger partial charge in [0, 0.05) is 30.7 Å². The SMILES string of the molecule is C1=CC(c2cccc(-c3c4ccccc4c(-c4cccc(-c5ccncc5)c4)c4ccc(-c5ccccc5)cc34)c2)CC=N1. The molecule has 2 heteroatoms. The summed E-state index contributed by atoms with van der Waals surface area (Å²) in [7, 11) is 0. The first kappa shape index (κ1) is 26.1. The minimum Gasteiger partial charge on any atom is -0.269 e. The Kier molecular flexibility index (Phi) is 6.66. The van der Waals surface area contributed by atoms with Crippen molar-refractivity contribution in [1.29, 1.82) is 0 Å². The van der Waals surface area contributed by atoms with Crippen LogP contribution in [0.2, 0.25) is 0 Å². The van der Waals surface area contributed by atoms with Gasteiger partial charge in [0.2, 0.25) is 0 Å². The largest absolute Gasteiger partial charge is 0.269 e. The second-order valence-electron chi connectivity index (χ2n) is 11.4. The molecule has 0 bridgehead atoms. The predicted molar refractivity (Wildman–Crippen MR) is 186 cm³/mol. The molecule has 1 aliphatic heterocycles. The van der Waals surface area contributed by atoms with Crippen molar-refractivity contribution in [2.45, 2.75) is 12.3 Å². The third-order valence-corrected chi connectivity index (χ3v) is 8.77. The van der Waals surface area contributed by atoms with Crippen molar-refractivity contribution in [3.8, 4) is 44.5 Å². The Morgan fingerprint density at radius 3 is 1.84 bits per heavy atom. The van der Waals surface area contributed by atoms with E-state index < -0.39 is 0 Å². The zero-order chi connectivity index (χ0) is 29.3. The van der Waals surface area contributed by atoms with E-state index in [4.69, 9.17) is 0 Å². The molecule has 1 unspecified atom stereocenters. The predicted octanol–water partition coefficient (Wildman–Crippen LogP) is 11.1. The van der Waals surface area contributed by atoms with Gasteiger partial charge in [0.25, 0.3) is 0 Å². The van der Waals surface area contributed by atoms with Crippen LogP contribution < -0.4 is 0 Å². The molecule has 0 saturated carbocycles. The Morgan fingerprint density at radius 2 is 1.07 bits per heavy atom. The smallest absolute Gasteiger partial charge is 0.0273 e. The molecular formula is C42H30N2. The summed E-state index contributed by atoms with van der Waals surface area (Å²) < 4.78 is 0. The van der Waals surface area contributed by atoms with E-state index in [1.165, 1.54) is 66.1 Å². The molecule has 0 N–H and O–H groups in total. The van der Waals surface area contributed by atoms with Gasteiger partial charge in [-0.2, -0.15) is 0 Å². The van der Waals surface area contributed by atoms with Gasteiger partial charge in [-0.05, 0) is 102 Å². The van der Waals surface area contributed by atoms with E-state index in [0.29, 0.717) is 5.92 Å². The summed E-state index contributed by atoms with van der Waals surface area (Å²) in [4.78, 5) is 8.54. The van der Waals surface area contributed by atoms with Gasteiger partial charge >= 0.3 is 0 Å². The molecule has 7 aromatic rings. The minimum atomic E-state index is 0.333. The highest BCUT2D eigenvalue weighted by Crippen LogP contribution is 2.45. The van der Waals surface area contributed by atoms with Gasteiger partial charge in [0.15, 0.2) is 0 Å². The van der Waals surface area contributed by atoms with E-state index in [1.54, 1.807) is 0 Å². The molecule has 208 valence electrons. The lowest BCUT2D eigenvalue weighted by atomic mass is 9.83. The number of pyridine rings is 1. The van der Waals surface area contributed by atoms with Crippen molar-refractivity contribution in [2.24, 2.45) is 4.99 Å². The van der Waals surface area contributed by atoms with Crippen LogP contribution >= 0.6 is 0 Å². The number of benzene rings is 6. The van der Waals surface area contributed by atoms with Gasteiger partial charge in [0.05, 0.1) is 0 Å². The Balaban J connectivity index is 1.43. The quantitative estimate of drug-likeness (QED) is 0.192. The van der Waals surface area contributed by atoms with Gasteiger partial charge < -0.3 is 0 Å². The molecule has 0 saturated heterocycles. The number of hydrogen-bond donors (Lipinski definition) is 0. The number of aromatic nitrogens is 1. The van der Waals surface area contributed by atoms with Crippen LogP contribution in [0.4, 0.5) is 0 Å². The molecule has 44 heavy (non-hydrogen) atoms. The number of hydrogen-bond acceptors (Lipinski definition) is 2. The number of rotatable bonds is 5. The van der Waals surface area contributed by atoms with Crippen LogP contribution in [-0.2, 0) is 0 Å². The summed E-state index contributed by atoms with van der Waals surface area (Å²) >= 11 is 0. The first-order chi connectivity index (χ1) is 21.8. The molecule has 0 radical (unpaired) electrons. The van der Waals surface area contributed by atoms with Gasteiger partial charge in [-0.25, -0.2) is 0 Å². The molecule has 8 rings (SSSR count). The van der Waals surface area contributed by atoms with E-state index in [1.807, 2.05) is 24.8 Å². The van der Waals surface area contributed by atoms with Gasteiger partial charge in [-0.15, -0.1) is 0 Å². The van der Waals surface area contributed by atoms with Gasteiger partial charge in [0.1, 0.15) is 0 Å². The van der Waals surface area contributed by atoms with Crippen LogP contribution in [0.25, 0.3) is 66.1 Å². The second kappa shape index (κ2) is 11.2. The number of allylic oxidation sites excluding steroid dienone is 1. The normalized spacial score (nSPS) is 14.3. The average molecular weight is 563 g/mol. The summed E-state index contributed by atoms with van der Waals surface area (Å²) in [6, 6.07) is 48.7. The van der Waals surface area contributed by atoms with E-state index in [2.05, 4.69) is 150 Å². The molecule has 0 spiro atoms. The Morgan fingerprint density at radius 1 is 0.455 bits per heavy atom. The molecule has 0 amide bonds. The molecule has 1 aliphatic rings. The highest BCUT2D eigenvalue weighted by atomic mass is 14.7. The van der Waals surface area contributed by atoms with E-state index in [-0.39, 0.29) is 0 Å². The molecule has 0 aliphatic carbocycles. The third-order valence-electron chi connectivity index (χ3n) is 8.77. The van der Waals surface area contributed by atoms with Crippen LogP contribution in [-0.4, -0.2) is 11.2 Å². The molecule has 2 nitrogen and oxygen atoms in total. The summed E-state index contributed by atoms with van der Waals surface area (Å²) in [5, 5.41) is 5.02. The van der Waals surface area contributed by atoms with E-state index >= 15 is 0 Å². The third kappa shape index (κ3) is 4.71. The molecular weight excluding hydrogens is 532 g/mol. The van der Waals surface area contributed by atoms with Gasteiger partial charge in [-0.3, -0.25) is 9.98 Å². The number of aliphatic imine (C=N–C) groups is 1. The number of nitrogens with zero attached hydrogens (tertiary/aromatic N) is 2. The first-order valence-corrected chi connectivity index (χ1v) is 15.2. The summed E-state index contributed by atoms with van der Waals surface area (Å²) in [5.41, 5.74) is 11.1. The standard InChI is InChI=1S/C42H30N2/c1-2-8-29(9-3-1)34-16-17-39-40(28-34)42(36-13-7-11-33(27-36)31-20-24-44-25-21-31)38-15-5-4-14-37(38)41(39)35-12-6-10-32(26-35)30-18-22-43-23-19-30/h1-20,22-28,31H,21H2. The maximum absolute atomic E-state index is 4.31. The van der Waals surface area contributed by atoms with Crippen LogP contribution in [0.3, 0.4) is 0 Å². The molecule has 0 fully saturated rings. The summed E-state index contributed by atoms with van der Waals surface area (Å²) in [6.07, 6.45) is 10.8. The minimum absolute atomic E-state index is 0.333. The maximum Gasteiger partial charge on any atom is 0.0273 e. The lowest BCUT2D eigenvalue weighted by molar-refractivity contribution is 0.888. The zero-order valence-corrected chi connectivity index (χ0v) is 24.3. The highest BCUT2D eigenvalue weighted by molar-refractivity contribution is 6.22. The summed E-state index contributed by atoms with van der Waals surface area (Å²) in [5.74, 6) is 0.333. The van der Waals surface area contributed by atoms with Crippen LogP contribution in [0, 0.1) is 0 Å². The lowest BCUT2D eigenvalue weighted by Gasteiger charge is -2.20. The Bertz CT molecular complexity index is 2190. The van der Waals surface area contributed by atoms with Crippen molar-refractivity contribution in [3.63, 3.8) is 0 Å². The average Bonchev–Trinajstić information content (AvgIpc) is 3.11. The van der Waals surface area contributed by atoms with Crippen molar-refractivity contribution in [1.82, 2.24) is 4.98 Å². The Hall–Kier alpha value is -5.60. The topological polar surface area (TPSA) is 25.2 Å². The van der Waals surface area contributed by atoms with Crippen LogP contribution in [0.1, 0.15) is 17.9 Å². The zero-order valence-electron chi connectivity index (χ0n) is 24.3. The van der Waals surface area contributed by atoms with E-state index in [0.717, 1.165) is 12.0 Å². The monoisotopic (exact) mass is 562 g/mol. The van der Waals surface area contributed by atoms with Gasteiger partial charge in [-0.1, -0.05) is 115 Å². The van der Waals surface area contributed by atoms with Crippen molar-refractivity contribution < 1.29 is 0 Å². The van der Waals surface area contributed by atoms with Crippen LogP contribution in [0.15, 0.2) is 163 Å². The lowest BCUT2D eigenvalue weighted by Crippen LogP contribution is -1.99. The van der Waals surface area contributed by atoms with Crippen molar-refractivity contribution in [2.75, 3.05) is 0 Å². The number of fused-ring (bicyclic) bond motifs is 2. The second-order valence-corrected chi connectivity index (χ2v) is 11.4. The molecule has 2 heterocycles. The first-order valence-electron chi connectivity index (χ1n) is 15.2. The molecule has 6 aromatic carbocycles. The van der Waals surface area contributed by atoms with Crippen LogP contribution in [0.5, 0.6) is 0 Å². The fourth-order valence-corrected chi connectivity index (χ4v) is 6.65. The summed E-state index contributed by atoms with van der Waals surface area (Å²) in [6.45, 7) is 0. The Labute approximate surface area is 257 Å². The highest BCUT2D eigenvalue weighted by Gasteiger charge is 2.19. The fourth-order valence-electron chi connectivity index (χ4n) is 6.65. The van der Waals surface area contributed by atoms with Crippen molar-refractivity contribution >= 4 is 27.8 Å². The fraction of sp³-hybridized carbons (Fsp3) is 0.0476. The van der Waals surface area contributed by atoms with E-state index in [9.17, 15) is 0 Å².